The number of amides is 4. The van der Waals surface area contributed by atoms with Crippen molar-refractivity contribution in [2.24, 2.45) is 0 Å². The summed E-state index contributed by atoms with van der Waals surface area (Å²) < 4.78 is 5.19. The number of hydrogen-bond donors (Lipinski definition) is 2. The molecular weight excluding hydrogens is 322 g/mol. The number of carbonyl (C=O) groups is 3. The Hall–Kier alpha value is -2.41. The van der Waals surface area contributed by atoms with Crippen molar-refractivity contribution in [3.63, 3.8) is 0 Å². The van der Waals surface area contributed by atoms with Gasteiger partial charge in [-0.2, -0.15) is 0 Å². The van der Waals surface area contributed by atoms with Crippen LogP contribution in [0.5, 0.6) is 0 Å². The zero-order valence-electron chi connectivity index (χ0n) is 14.7. The average Bonchev–Trinajstić information content (AvgIpc) is 2.87. The molecular formula is C18H25N3O4. The van der Waals surface area contributed by atoms with Gasteiger partial charge < -0.3 is 15.4 Å². The van der Waals surface area contributed by atoms with Gasteiger partial charge in [0.05, 0.1) is 0 Å². The van der Waals surface area contributed by atoms with E-state index in [1.165, 1.54) is 0 Å². The van der Waals surface area contributed by atoms with Crippen molar-refractivity contribution >= 4 is 17.8 Å². The second-order valence-corrected chi connectivity index (χ2v) is 5.85. The first-order chi connectivity index (χ1) is 12.0. The molecule has 1 aromatic carbocycles. The van der Waals surface area contributed by atoms with Gasteiger partial charge in [-0.15, -0.1) is 0 Å². The van der Waals surface area contributed by atoms with Crippen LogP contribution in [-0.4, -0.2) is 49.0 Å². The van der Waals surface area contributed by atoms with E-state index in [-0.39, 0.29) is 12.5 Å². The molecule has 7 nitrogen and oxygen atoms in total. The Kier molecular flexibility index (Phi) is 6.52. The first-order valence-corrected chi connectivity index (χ1v) is 8.59. The van der Waals surface area contributed by atoms with Gasteiger partial charge in [0.15, 0.2) is 0 Å². The molecule has 0 radical (unpaired) electrons. The summed E-state index contributed by atoms with van der Waals surface area (Å²) >= 11 is 0. The van der Waals surface area contributed by atoms with E-state index in [1.54, 1.807) is 12.1 Å². The van der Waals surface area contributed by atoms with Gasteiger partial charge in [0.25, 0.3) is 5.91 Å². The molecule has 7 heteroatoms. The highest BCUT2D eigenvalue weighted by Crippen LogP contribution is 2.32. The summed E-state index contributed by atoms with van der Waals surface area (Å²) in [5.41, 5.74) is -0.386. The smallest absolute Gasteiger partial charge is 0.325 e. The molecule has 1 fully saturated rings. The van der Waals surface area contributed by atoms with Gasteiger partial charge in [-0.05, 0) is 25.3 Å². The summed E-state index contributed by atoms with van der Waals surface area (Å²) in [5, 5.41) is 5.46. The predicted octanol–water partition coefficient (Wildman–Crippen LogP) is 1.39. The molecule has 0 bridgehead atoms. The van der Waals surface area contributed by atoms with E-state index in [0.717, 1.165) is 10.5 Å². The second kappa shape index (κ2) is 8.62. The quantitative estimate of drug-likeness (QED) is 0.522. The third-order valence-electron chi connectivity index (χ3n) is 4.27. The van der Waals surface area contributed by atoms with Crippen molar-refractivity contribution in [2.45, 2.75) is 32.2 Å². The highest BCUT2D eigenvalue weighted by Gasteiger charge is 2.51. The van der Waals surface area contributed by atoms with Gasteiger partial charge in [-0.25, -0.2) is 4.79 Å². The minimum absolute atomic E-state index is 0.284. The van der Waals surface area contributed by atoms with Crippen molar-refractivity contribution in [3.8, 4) is 0 Å². The molecule has 1 aromatic rings. The number of ether oxygens (including phenoxy) is 1. The minimum atomic E-state index is -1.10. The SMILES string of the molecule is CCOCCCNC(=O)CN1C(=O)NC(CC)(c2ccccc2)C1=O. The maximum absolute atomic E-state index is 12.9. The molecule has 0 aliphatic carbocycles. The van der Waals surface area contributed by atoms with Gasteiger partial charge in [-0.3, -0.25) is 14.5 Å². The van der Waals surface area contributed by atoms with Crippen molar-refractivity contribution in [2.75, 3.05) is 26.3 Å². The van der Waals surface area contributed by atoms with E-state index < -0.39 is 17.5 Å². The zero-order valence-corrected chi connectivity index (χ0v) is 14.7. The molecule has 1 aliphatic heterocycles. The summed E-state index contributed by atoms with van der Waals surface area (Å²) in [7, 11) is 0. The number of hydrogen-bond acceptors (Lipinski definition) is 4. The van der Waals surface area contributed by atoms with Crippen LogP contribution in [0.3, 0.4) is 0 Å². The summed E-state index contributed by atoms with van der Waals surface area (Å²) in [5.74, 6) is -0.754. The van der Waals surface area contributed by atoms with Gasteiger partial charge >= 0.3 is 6.03 Å². The molecule has 4 amide bonds. The van der Waals surface area contributed by atoms with E-state index in [1.807, 2.05) is 32.0 Å². The van der Waals surface area contributed by atoms with Gasteiger partial charge in [0.1, 0.15) is 12.1 Å². The van der Waals surface area contributed by atoms with Crippen LogP contribution in [0.4, 0.5) is 4.79 Å². The van der Waals surface area contributed by atoms with Crippen LogP contribution in [-0.2, 0) is 19.9 Å². The lowest BCUT2D eigenvalue weighted by molar-refractivity contribution is -0.135. The monoisotopic (exact) mass is 347 g/mol. The molecule has 1 aliphatic rings. The van der Waals surface area contributed by atoms with Crippen LogP contribution in [0.1, 0.15) is 32.3 Å². The Bertz CT molecular complexity index is 620. The van der Waals surface area contributed by atoms with Crippen LogP contribution in [0.25, 0.3) is 0 Å². The molecule has 25 heavy (non-hydrogen) atoms. The van der Waals surface area contributed by atoms with E-state index in [2.05, 4.69) is 10.6 Å². The average molecular weight is 347 g/mol. The molecule has 136 valence electrons. The number of nitrogens with one attached hydrogen (secondary N) is 2. The highest BCUT2D eigenvalue weighted by atomic mass is 16.5. The van der Waals surface area contributed by atoms with Crippen LogP contribution in [0, 0.1) is 0 Å². The normalized spacial score (nSPS) is 19.8. The Morgan fingerprint density at radius 2 is 1.96 bits per heavy atom. The van der Waals surface area contributed by atoms with E-state index in [4.69, 9.17) is 4.74 Å². The lowest BCUT2D eigenvalue weighted by Gasteiger charge is -2.25. The van der Waals surface area contributed by atoms with Crippen LogP contribution in [0.2, 0.25) is 0 Å². The summed E-state index contributed by atoms with van der Waals surface area (Å²) in [6.07, 6.45) is 1.09. The highest BCUT2D eigenvalue weighted by molar-refractivity contribution is 6.09. The van der Waals surface area contributed by atoms with Gasteiger partial charge in [0, 0.05) is 19.8 Å². The molecule has 1 atom stereocenters. The number of urea groups is 1. The van der Waals surface area contributed by atoms with Crippen molar-refractivity contribution in [1.29, 1.82) is 0 Å². The van der Waals surface area contributed by atoms with E-state index in [9.17, 15) is 14.4 Å². The van der Waals surface area contributed by atoms with E-state index >= 15 is 0 Å². The Morgan fingerprint density at radius 3 is 2.60 bits per heavy atom. The first-order valence-electron chi connectivity index (χ1n) is 8.59. The van der Waals surface area contributed by atoms with Gasteiger partial charge in [0.2, 0.25) is 5.91 Å². The standard InChI is InChI=1S/C18H25N3O4/c1-3-18(14-9-6-5-7-10-14)16(23)21(17(24)20-18)13-15(22)19-11-8-12-25-4-2/h5-7,9-10H,3-4,8,11-13H2,1-2H3,(H,19,22)(H,20,24). The molecule has 0 spiro atoms. The van der Waals surface area contributed by atoms with Crippen LogP contribution >= 0.6 is 0 Å². The third-order valence-corrected chi connectivity index (χ3v) is 4.27. The summed E-state index contributed by atoms with van der Waals surface area (Å²) in [6.45, 7) is 5.10. The lowest BCUT2D eigenvalue weighted by atomic mass is 9.87. The van der Waals surface area contributed by atoms with Crippen molar-refractivity contribution in [1.82, 2.24) is 15.5 Å². The van der Waals surface area contributed by atoms with Crippen LogP contribution < -0.4 is 10.6 Å². The number of benzene rings is 1. The van der Waals surface area contributed by atoms with Gasteiger partial charge in [-0.1, -0.05) is 37.3 Å². The summed E-state index contributed by atoms with van der Waals surface area (Å²) in [6, 6.07) is 8.56. The largest absolute Gasteiger partial charge is 0.382 e. The van der Waals surface area contributed by atoms with Crippen LogP contribution in [0.15, 0.2) is 30.3 Å². The number of rotatable bonds is 9. The maximum Gasteiger partial charge on any atom is 0.325 e. The van der Waals surface area contributed by atoms with Crippen molar-refractivity contribution in [3.05, 3.63) is 35.9 Å². The maximum atomic E-state index is 12.9. The topological polar surface area (TPSA) is 87.7 Å². The fraction of sp³-hybridized carbons (Fsp3) is 0.500. The Labute approximate surface area is 147 Å². The molecule has 1 unspecified atom stereocenters. The number of carbonyl (C=O) groups excluding carboxylic acids is 3. The third kappa shape index (κ3) is 4.17. The zero-order chi connectivity index (χ0) is 18.3. The molecule has 2 rings (SSSR count). The molecule has 2 N–H and O–H groups in total. The Morgan fingerprint density at radius 1 is 1.24 bits per heavy atom. The van der Waals surface area contributed by atoms with Crippen molar-refractivity contribution < 1.29 is 19.1 Å². The number of nitrogens with zero attached hydrogens (tertiary/aromatic N) is 1. The predicted molar refractivity (Wildman–Crippen MR) is 92.8 cm³/mol. The fourth-order valence-electron chi connectivity index (χ4n) is 2.88. The molecule has 1 heterocycles. The molecule has 0 saturated carbocycles. The summed E-state index contributed by atoms with van der Waals surface area (Å²) in [4.78, 5) is 38.2. The molecule has 1 saturated heterocycles. The fourth-order valence-corrected chi connectivity index (χ4v) is 2.88. The number of imide groups is 1. The minimum Gasteiger partial charge on any atom is -0.382 e. The lowest BCUT2D eigenvalue weighted by Crippen LogP contribution is -2.44. The Balaban J connectivity index is 2.00. The second-order valence-electron chi connectivity index (χ2n) is 5.85. The van der Waals surface area contributed by atoms with E-state index in [0.29, 0.717) is 32.6 Å². The molecule has 0 aromatic heterocycles. The first kappa shape index (κ1) is 18.9.